The zero-order valence-corrected chi connectivity index (χ0v) is 13.6. The maximum atomic E-state index is 11.5. The molecule has 0 fully saturated rings. The molecule has 0 saturated heterocycles. The lowest BCUT2D eigenvalue weighted by atomic mass is 10.1. The first kappa shape index (κ1) is 14.7. The molecule has 0 radical (unpaired) electrons. The summed E-state index contributed by atoms with van der Waals surface area (Å²) in [6.45, 7) is 1.96. The van der Waals surface area contributed by atoms with Crippen molar-refractivity contribution in [3.05, 3.63) is 70.3 Å². The fraction of sp³-hybridized carbons (Fsp3) is 0.111. The second-order valence-corrected chi connectivity index (χ2v) is 5.83. The van der Waals surface area contributed by atoms with Gasteiger partial charge < -0.3 is 4.74 Å². The van der Waals surface area contributed by atoms with Crippen molar-refractivity contribution in [1.29, 1.82) is 0 Å². The Balaban J connectivity index is 2.01. The molecule has 0 amide bonds. The predicted octanol–water partition coefficient (Wildman–Crippen LogP) is 4.78. The van der Waals surface area contributed by atoms with E-state index in [1.807, 2.05) is 48.5 Å². The maximum Gasteiger partial charge on any atom is 0.178 e. The number of nitrogens with zero attached hydrogens (tertiary/aromatic N) is 1. The predicted molar refractivity (Wildman–Crippen MR) is 90.2 cm³/mol. The van der Waals surface area contributed by atoms with Gasteiger partial charge >= 0.3 is 0 Å². The average Bonchev–Trinajstić information content (AvgIpc) is 2.54. The number of benzene rings is 2. The number of fused-ring (bicyclic) bond motifs is 1. The molecule has 0 N–H and O–H groups in total. The molecule has 3 aromatic rings. The highest BCUT2D eigenvalue weighted by atomic mass is 79.9. The molecule has 110 valence electrons. The third-order valence-corrected chi connectivity index (χ3v) is 3.98. The van der Waals surface area contributed by atoms with Gasteiger partial charge in [0.2, 0.25) is 0 Å². The lowest BCUT2D eigenvalue weighted by Gasteiger charge is -2.11. The molecule has 1 aromatic heterocycles. The molecule has 3 rings (SSSR count). The molecule has 4 heteroatoms. The molecule has 0 aliphatic heterocycles. The zero-order valence-electron chi connectivity index (χ0n) is 12.0. The normalized spacial score (nSPS) is 10.6. The number of Topliss-reactive ketones (excluding diaryl/α,β-unsaturated/α-hetero) is 1. The molecular weight excluding hydrogens is 342 g/mol. The Kier molecular flexibility index (Phi) is 4.20. The summed E-state index contributed by atoms with van der Waals surface area (Å²) >= 11 is 3.50. The summed E-state index contributed by atoms with van der Waals surface area (Å²) in [7, 11) is 0. The second kappa shape index (κ2) is 6.28. The van der Waals surface area contributed by atoms with E-state index in [9.17, 15) is 4.79 Å². The van der Waals surface area contributed by atoms with Gasteiger partial charge in [-0.25, -0.2) is 4.98 Å². The van der Waals surface area contributed by atoms with Gasteiger partial charge in [0.25, 0.3) is 0 Å². The van der Waals surface area contributed by atoms with Gasteiger partial charge in [-0.05, 0) is 33.6 Å². The Hall–Kier alpha value is -2.20. The maximum absolute atomic E-state index is 11.5. The highest BCUT2D eigenvalue weighted by molar-refractivity contribution is 9.10. The van der Waals surface area contributed by atoms with E-state index in [1.54, 1.807) is 6.07 Å². The lowest BCUT2D eigenvalue weighted by Crippen LogP contribution is -2.00. The standard InChI is InChI=1S/C18H14BrNO2/c1-12(21)16-10-8-14-7-9-15(19)18(17(14)20-16)22-11-13-5-3-2-4-6-13/h2-10H,11H2,1H3. The van der Waals surface area contributed by atoms with Crippen molar-refractivity contribution in [3.8, 4) is 5.75 Å². The van der Waals surface area contributed by atoms with Crippen molar-refractivity contribution in [3.63, 3.8) is 0 Å². The van der Waals surface area contributed by atoms with Crippen LogP contribution < -0.4 is 4.74 Å². The third kappa shape index (κ3) is 3.02. The first-order chi connectivity index (χ1) is 10.6. The third-order valence-electron chi connectivity index (χ3n) is 3.35. The number of halogens is 1. The Morgan fingerprint density at radius 2 is 1.82 bits per heavy atom. The number of carbonyl (C=O) groups excluding carboxylic acids is 1. The summed E-state index contributed by atoms with van der Waals surface area (Å²) in [6, 6.07) is 17.4. The number of hydrogen-bond donors (Lipinski definition) is 0. The second-order valence-electron chi connectivity index (χ2n) is 4.98. The fourth-order valence-electron chi connectivity index (χ4n) is 2.20. The Morgan fingerprint density at radius 3 is 2.55 bits per heavy atom. The van der Waals surface area contributed by atoms with Crippen molar-refractivity contribution < 1.29 is 9.53 Å². The van der Waals surface area contributed by atoms with Gasteiger partial charge in [-0.3, -0.25) is 4.79 Å². The van der Waals surface area contributed by atoms with Crippen molar-refractivity contribution >= 4 is 32.6 Å². The Morgan fingerprint density at radius 1 is 1.09 bits per heavy atom. The number of aromatic nitrogens is 1. The summed E-state index contributed by atoms with van der Waals surface area (Å²) in [4.78, 5) is 16.0. The van der Waals surface area contributed by atoms with Crippen LogP contribution in [-0.2, 0) is 6.61 Å². The molecule has 0 saturated carbocycles. The quantitative estimate of drug-likeness (QED) is 0.632. The summed E-state index contributed by atoms with van der Waals surface area (Å²) in [5, 5.41) is 0.941. The van der Waals surface area contributed by atoms with Crippen LogP contribution in [0.15, 0.2) is 59.1 Å². The first-order valence-corrected chi connectivity index (χ1v) is 7.71. The number of hydrogen-bond acceptors (Lipinski definition) is 3. The minimum Gasteiger partial charge on any atom is -0.485 e. The van der Waals surface area contributed by atoms with Gasteiger partial charge in [0.05, 0.1) is 4.47 Å². The van der Waals surface area contributed by atoms with E-state index in [1.165, 1.54) is 6.92 Å². The summed E-state index contributed by atoms with van der Waals surface area (Å²) in [5.41, 5.74) is 2.21. The van der Waals surface area contributed by atoms with E-state index >= 15 is 0 Å². The van der Waals surface area contributed by atoms with E-state index in [2.05, 4.69) is 20.9 Å². The lowest BCUT2D eigenvalue weighted by molar-refractivity contribution is 0.101. The highest BCUT2D eigenvalue weighted by Gasteiger charge is 2.11. The van der Waals surface area contributed by atoms with Crippen LogP contribution in [0.1, 0.15) is 23.0 Å². The first-order valence-electron chi connectivity index (χ1n) is 6.92. The van der Waals surface area contributed by atoms with Gasteiger partial charge in [-0.15, -0.1) is 0 Å². The number of pyridine rings is 1. The largest absolute Gasteiger partial charge is 0.485 e. The van der Waals surface area contributed by atoms with Gasteiger partial charge in [-0.1, -0.05) is 42.5 Å². The van der Waals surface area contributed by atoms with Crippen LogP contribution in [0.5, 0.6) is 5.75 Å². The van der Waals surface area contributed by atoms with Crippen LogP contribution in [0.2, 0.25) is 0 Å². The minimum absolute atomic E-state index is 0.0594. The molecule has 0 spiro atoms. The van der Waals surface area contributed by atoms with E-state index in [0.29, 0.717) is 23.6 Å². The summed E-state index contributed by atoms with van der Waals surface area (Å²) in [6.07, 6.45) is 0. The number of carbonyl (C=O) groups is 1. The Bertz CT molecular complexity index is 831. The smallest absolute Gasteiger partial charge is 0.178 e. The summed E-state index contributed by atoms with van der Waals surface area (Å²) in [5.74, 6) is 0.598. The van der Waals surface area contributed by atoms with Crippen LogP contribution >= 0.6 is 15.9 Å². The molecule has 0 aliphatic rings. The number of ketones is 1. The molecule has 0 aliphatic carbocycles. The molecule has 22 heavy (non-hydrogen) atoms. The summed E-state index contributed by atoms with van der Waals surface area (Å²) < 4.78 is 6.77. The van der Waals surface area contributed by atoms with Gasteiger partial charge in [0, 0.05) is 12.3 Å². The van der Waals surface area contributed by atoms with Gasteiger partial charge in [-0.2, -0.15) is 0 Å². The number of rotatable bonds is 4. The number of ether oxygens (including phenoxy) is 1. The SMILES string of the molecule is CC(=O)c1ccc2ccc(Br)c(OCc3ccccc3)c2n1. The van der Waals surface area contributed by atoms with Gasteiger partial charge in [0.15, 0.2) is 11.5 Å². The van der Waals surface area contributed by atoms with Crippen LogP contribution in [0.4, 0.5) is 0 Å². The minimum atomic E-state index is -0.0594. The van der Waals surface area contributed by atoms with Crippen LogP contribution in [0.3, 0.4) is 0 Å². The molecule has 0 unspecified atom stereocenters. The van der Waals surface area contributed by atoms with Crippen molar-refractivity contribution in [2.24, 2.45) is 0 Å². The van der Waals surface area contributed by atoms with E-state index in [-0.39, 0.29) is 5.78 Å². The fourth-order valence-corrected chi connectivity index (χ4v) is 2.64. The Labute approximate surface area is 137 Å². The molecule has 2 aromatic carbocycles. The molecule has 0 bridgehead atoms. The van der Waals surface area contributed by atoms with Crippen LogP contribution in [0, 0.1) is 0 Å². The van der Waals surface area contributed by atoms with Crippen LogP contribution in [0.25, 0.3) is 10.9 Å². The van der Waals surface area contributed by atoms with Crippen molar-refractivity contribution in [2.45, 2.75) is 13.5 Å². The van der Waals surface area contributed by atoms with Gasteiger partial charge in [0.1, 0.15) is 17.8 Å². The van der Waals surface area contributed by atoms with Crippen molar-refractivity contribution in [1.82, 2.24) is 4.98 Å². The van der Waals surface area contributed by atoms with Crippen molar-refractivity contribution in [2.75, 3.05) is 0 Å². The zero-order chi connectivity index (χ0) is 15.5. The highest BCUT2D eigenvalue weighted by Crippen LogP contribution is 2.33. The van der Waals surface area contributed by atoms with E-state index in [0.717, 1.165) is 15.4 Å². The topological polar surface area (TPSA) is 39.2 Å². The van der Waals surface area contributed by atoms with Crippen LogP contribution in [-0.4, -0.2) is 10.8 Å². The monoisotopic (exact) mass is 355 g/mol. The van der Waals surface area contributed by atoms with E-state index in [4.69, 9.17) is 4.74 Å². The molecule has 1 heterocycles. The molecular formula is C18H14BrNO2. The molecule has 3 nitrogen and oxygen atoms in total. The molecule has 0 atom stereocenters. The average molecular weight is 356 g/mol. The van der Waals surface area contributed by atoms with E-state index < -0.39 is 0 Å².